The fourth-order valence-electron chi connectivity index (χ4n) is 7.15. The molecule has 2 nitrogen and oxygen atoms in total. The molecule has 10 rings (SSSR count). The molecular formula is C38H22N2S. The molecule has 0 aliphatic carbocycles. The number of pyridine rings is 1. The first kappa shape index (κ1) is 21.7. The van der Waals surface area contributed by atoms with Crippen molar-refractivity contribution < 1.29 is 0 Å². The van der Waals surface area contributed by atoms with Gasteiger partial charge >= 0.3 is 0 Å². The maximum atomic E-state index is 2.48. The Kier molecular flexibility index (Phi) is 4.10. The van der Waals surface area contributed by atoms with Gasteiger partial charge in [0.25, 0.3) is 0 Å². The van der Waals surface area contributed by atoms with Gasteiger partial charge in [0, 0.05) is 64.4 Å². The van der Waals surface area contributed by atoms with Gasteiger partial charge in [-0.2, -0.15) is 0 Å². The molecule has 190 valence electrons. The molecule has 0 saturated carbocycles. The van der Waals surface area contributed by atoms with Crippen LogP contribution in [0.5, 0.6) is 0 Å². The summed E-state index contributed by atoms with van der Waals surface area (Å²) in [6.07, 6.45) is 2.34. The number of fused-ring (bicyclic) bond motifs is 15. The predicted octanol–water partition coefficient (Wildman–Crippen LogP) is 10.9. The molecule has 0 aliphatic rings. The van der Waals surface area contributed by atoms with Gasteiger partial charge in [0.1, 0.15) is 0 Å². The molecule has 0 unspecified atom stereocenters. The number of nitrogens with zero attached hydrogens (tertiary/aromatic N) is 2. The third kappa shape index (κ3) is 2.76. The average molecular weight is 539 g/mol. The van der Waals surface area contributed by atoms with Crippen LogP contribution in [0.15, 0.2) is 134 Å². The van der Waals surface area contributed by atoms with Gasteiger partial charge in [-0.3, -0.25) is 0 Å². The van der Waals surface area contributed by atoms with Crippen molar-refractivity contribution in [1.29, 1.82) is 0 Å². The van der Waals surface area contributed by atoms with Crippen molar-refractivity contribution in [3.63, 3.8) is 0 Å². The molecule has 0 bridgehead atoms. The number of benzene rings is 6. The Morgan fingerprint density at radius 2 is 1.12 bits per heavy atom. The minimum Gasteiger partial charge on any atom is -0.313 e. The molecule has 10 aromatic rings. The summed E-state index contributed by atoms with van der Waals surface area (Å²) in [4.78, 5) is 0. The molecule has 0 saturated heterocycles. The monoisotopic (exact) mass is 538 g/mol. The zero-order valence-electron chi connectivity index (χ0n) is 22.0. The summed E-state index contributed by atoms with van der Waals surface area (Å²) in [5.41, 5.74) is 6.18. The Balaban J connectivity index is 1.54. The van der Waals surface area contributed by atoms with Crippen LogP contribution in [0.2, 0.25) is 0 Å². The fraction of sp³-hybridized carbons (Fsp3) is 0. The molecule has 0 spiro atoms. The zero-order chi connectivity index (χ0) is 26.7. The SMILES string of the molecule is c1ccc(-n2c3ccccc3c3ccc4c5cc6sc7ccccc7c6cc5c5c6ccccc6cn5c4c32)cc1. The van der Waals surface area contributed by atoms with Crippen LogP contribution in [0.3, 0.4) is 0 Å². The molecule has 0 atom stereocenters. The molecule has 0 aliphatic heterocycles. The molecule has 6 aromatic carbocycles. The van der Waals surface area contributed by atoms with Crippen LogP contribution < -0.4 is 0 Å². The van der Waals surface area contributed by atoms with Crippen LogP contribution >= 0.6 is 11.3 Å². The van der Waals surface area contributed by atoms with Crippen LogP contribution in [-0.2, 0) is 0 Å². The van der Waals surface area contributed by atoms with Crippen molar-refractivity contribution in [3.05, 3.63) is 134 Å². The molecule has 0 radical (unpaired) electrons. The maximum Gasteiger partial charge on any atom is 0.0788 e. The molecular weight excluding hydrogens is 516 g/mol. The van der Waals surface area contributed by atoms with Crippen LogP contribution in [0, 0.1) is 0 Å². The van der Waals surface area contributed by atoms with Gasteiger partial charge < -0.3 is 8.97 Å². The van der Waals surface area contributed by atoms with E-state index in [0.29, 0.717) is 0 Å². The molecule has 4 heterocycles. The predicted molar refractivity (Wildman–Crippen MR) is 177 cm³/mol. The van der Waals surface area contributed by atoms with Gasteiger partial charge in [-0.15, -0.1) is 11.3 Å². The van der Waals surface area contributed by atoms with E-state index < -0.39 is 0 Å². The zero-order valence-corrected chi connectivity index (χ0v) is 22.8. The van der Waals surface area contributed by atoms with E-state index in [1.54, 1.807) is 0 Å². The van der Waals surface area contributed by atoms with E-state index in [9.17, 15) is 0 Å². The van der Waals surface area contributed by atoms with E-state index >= 15 is 0 Å². The minimum atomic E-state index is 1.18. The van der Waals surface area contributed by atoms with Crippen molar-refractivity contribution in [2.75, 3.05) is 0 Å². The Hall–Kier alpha value is -5.12. The smallest absolute Gasteiger partial charge is 0.0788 e. The summed E-state index contributed by atoms with van der Waals surface area (Å²) in [7, 11) is 0. The lowest BCUT2D eigenvalue weighted by atomic mass is 9.99. The summed E-state index contributed by atoms with van der Waals surface area (Å²) in [6.45, 7) is 0. The maximum absolute atomic E-state index is 2.48. The molecule has 0 N–H and O–H groups in total. The quantitative estimate of drug-likeness (QED) is 0.184. The Bertz CT molecular complexity index is 2690. The normalized spacial score (nSPS) is 12.4. The van der Waals surface area contributed by atoms with Crippen molar-refractivity contribution >= 4 is 91.3 Å². The third-order valence-electron chi connectivity index (χ3n) is 8.85. The van der Waals surface area contributed by atoms with Crippen LogP contribution in [0.4, 0.5) is 0 Å². The van der Waals surface area contributed by atoms with E-state index in [-0.39, 0.29) is 0 Å². The Labute approximate surface area is 238 Å². The van der Waals surface area contributed by atoms with Gasteiger partial charge in [0.05, 0.1) is 22.1 Å². The van der Waals surface area contributed by atoms with Crippen LogP contribution in [-0.4, -0.2) is 8.97 Å². The summed E-state index contributed by atoms with van der Waals surface area (Å²) < 4.78 is 7.61. The molecule has 0 amide bonds. The van der Waals surface area contributed by atoms with Gasteiger partial charge in [0.2, 0.25) is 0 Å². The third-order valence-corrected chi connectivity index (χ3v) is 9.99. The second-order valence-corrected chi connectivity index (χ2v) is 12.1. The fourth-order valence-corrected chi connectivity index (χ4v) is 8.27. The second-order valence-electron chi connectivity index (χ2n) is 11.0. The number of para-hydroxylation sites is 2. The van der Waals surface area contributed by atoms with Gasteiger partial charge in [-0.05, 0) is 41.8 Å². The number of thiophene rings is 1. The summed E-state index contributed by atoms with van der Waals surface area (Å²) in [5, 5.41) is 11.7. The summed E-state index contributed by atoms with van der Waals surface area (Å²) in [6, 6.07) is 46.8. The van der Waals surface area contributed by atoms with Crippen LogP contribution in [0.1, 0.15) is 0 Å². The highest BCUT2D eigenvalue weighted by molar-refractivity contribution is 7.25. The van der Waals surface area contributed by atoms with E-state index in [1.165, 1.54) is 85.6 Å². The van der Waals surface area contributed by atoms with E-state index in [4.69, 9.17) is 0 Å². The molecule has 4 aromatic heterocycles. The Morgan fingerprint density at radius 3 is 2.00 bits per heavy atom. The highest BCUT2D eigenvalue weighted by atomic mass is 32.1. The summed E-state index contributed by atoms with van der Waals surface area (Å²) >= 11 is 1.89. The number of aromatic nitrogens is 2. The van der Waals surface area contributed by atoms with Crippen LogP contribution in [0.25, 0.3) is 85.6 Å². The van der Waals surface area contributed by atoms with Crippen molar-refractivity contribution in [2.24, 2.45) is 0 Å². The highest BCUT2D eigenvalue weighted by Crippen LogP contribution is 2.44. The van der Waals surface area contributed by atoms with E-state index in [0.717, 1.165) is 0 Å². The largest absolute Gasteiger partial charge is 0.313 e. The van der Waals surface area contributed by atoms with E-state index in [1.807, 2.05) is 11.3 Å². The highest BCUT2D eigenvalue weighted by Gasteiger charge is 2.21. The van der Waals surface area contributed by atoms with Gasteiger partial charge in [-0.1, -0.05) is 91.0 Å². The first-order valence-corrected chi connectivity index (χ1v) is 14.8. The molecule has 0 fully saturated rings. The van der Waals surface area contributed by atoms with Gasteiger partial charge in [0.15, 0.2) is 0 Å². The first-order chi connectivity index (χ1) is 20.3. The number of hydrogen-bond acceptors (Lipinski definition) is 1. The lowest BCUT2D eigenvalue weighted by Gasteiger charge is -2.14. The standard InChI is InChI=1S/C38H22N2S/c1-2-11-24(12-3-1)40-33-16-8-6-14-26(33)28-18-19-29-30-21-35-31(27-15-7-9-17-34(27)41-35)20-32(30)36-25-13-5-4-10-23(25)22-39(36)37(29)38(28)40/h1-22H. The minimum absolute atomic E-state index is 1.18. The Morgan fingerprint density at radius 1 is 0.415 bits per heavy atom. The van der Waals surface area contributed by atoms with Crippen molar-refractivity contribution in [1.82, 2.24) is 8.97 Å². The summed E-state index contributed by atoms with van der Waals surface area (Å²) in [5.74, 6) is 0. The van der Waals surface area contributed by atoms with Gasteiger partial charge in [-0.25, -0.2) is 0 Å². The van der Waals surface area contributed by atoms with E-state index in [2.05, 4.69) is 143 Å². The van der Waals surface area contributed by atoms with Crippen molar-refractivity contribution in [2.45, 2.75) is 0 Å². The average Bonchev–Trinajstić information content (AvgIpc) is 3.70. The van der Waals surface area contributed by atoms with Crippen molar-refractivity contribution in [3.8, 4) is 5.69 Å². The topological polar surface area (TPSA) is 9.34 Å². The first-order valence-electron chi connectivity index (χ1n) is 14.0. The lowest BCUT2D eigenvalue weighted by molar-refractivity contribution is 1.17. The second kappa shape index (κ2) is 7.75. The number of rotatable bonds is 1. The molecule has 3 heteroatoms. The number of hydrogen-bond donors (Lipinski definition) is 0. The molecule has 41 heavy (non-hydrogen) atoms. The lowest BCUT2D eigenvalue weighted by Crippen LogP contribution is -1.97.